The first-order valence-electron chi connectivity index (χ1n) is 11.3. The molecular weight excluding hydrogens is 448 g/mol. The molecule has 2 heterocycles. The molecule has 0 aliphatic carbocycles. The van der Waals surface area contributed by atoms with Gasteiger partial charge in [-0.1, -0.05) is 73.8 Å². The van der Waals surface area contributed by atoms with Gasteiger partial charge in [-0.25, -0.2) is 0 Å². The fourth-order valence-electron chi connectivity index (χ4n) is 4.98. The normalized spacial score (nSPS) is 11.8. The SMILES string of the molecule is C=Cc1ccc(-c2ccc3cc4c(cc3c2)sc2c3cc5ccccc5cc3sc42)cc1C=C. The molecule has 0 N–H and O–H groups in total. The van der Waals surface area contributed by atoms with Crippen LogP contribution in [-0.2, 0) is 0 Å². The summed E-state index contributed by atoms with van der Waals surface area (Å²) in [5, 5.41) is 7.93. The third-order valence-corrected chi connectivity index (χ3v) is 9.27. The van der Waals surface area contributed by atoms with Crippen LogP contribution < -0.4 is 0 Å². The van der Waals surface area contributed by atoms with Gasteiger partial charge >= 0.3 is 0 Å². The van der Waals surface area contributed by atoms with E-state index < -0.39 is 0 Å². The Labute approximate surface area is 205 Å². The van der Waals surface area contributed by atoms with Gasteiger partial charge in [0.15, 0.2) is 0 Å². The molecular formula is C32H20S2. The van der Waals surface area contributed by atoms with Crippen LogP contribution in [-0.4, -0.2) is 0 Å². The summed E-state index contributed by atoms with van der Waals surface area (Å²) >= 11 is 3.84. The molecule has 0 saturated carbocycles. The van der Waals surface area contributed by atoms with Crippen molar-refractivity contribution >= 4 is 85.9 Å². The average Bonchev–Trinajstić information content (AvgIpc) is 3.40. The topological polar surface area (TPSA) is 0 Å². The highest BCUT2D eigenvalue weighted by Crippen LogP contribution is 2.46. The van der Waals surface area contributed by atoms with E-state index in [2.05, 4.69) is 98.1 Å². The van der Waals surface area contributed by atoms with Crippen molar-refractivity contribution in [3.05, 3.63) is 109 Å². The van der Waals surface area contributed by atoms with Crippen molar-refractivity contribution < 1.29 is 0 Å². The van der Waals surface area contributed by atoms with E-state index in [1.165, 1.54) is 62.2 Å². The summed E-state index contributed by atoms with van der Waals surface area (Å²) in [6.45, 7) is 7.88. The van der Waals surface area contributed by atoms with Crippen LogP contribution in [0.15, 0.2) is 98.1 Å². The summed E-state index contributed by atoms with van der Waals surface area (Å²) < 4.78 is 5.55. The molecule has 0 saturated heterocycles. The number of rotatable bonds is 3. The van der Waals surface area contributed by atoms with Gasteiger partial charge in [0.25, 0.3) is 0 Å². The summed E-state index contributed by atoms with van der Waals surface area (Å²) in [5.41, 5.74) is 4.65. The predicted octanol–water partition coefficient (Wildman–Crippen LogP) is 10.5. The van der Waals surface area contributed by atoms with Crippen LogP contribution in [0.2, 0.25) is 0 Å². The van der Waals surface area contributed by atoms with Gasteiger partial charge in [-0.15, -0.1) is 22.7 Å². The third kappa shape index (κ3) is 2.89. The van der Waals surface area contributed by atoms with Crippen LogP contribution in [0.4, 0.5) is 0 Å². The first-order chi connectivity index (χ1) is 16.7. The molecule has 5 aromatic carbocycles. The highest BCUT2D eigenvalue weighted by Gasteiger charge is 2.14. The van der Waals surface area contributed by atoms with E-state index in [0.717, 1.165) is 11.1 Å². The Bertz CT molecular complexity index is 1950. The fraction of sp³-hybridized carbons (Fsp3) is 0. The molecule has 0 radical (unpaired) electrons. The number of fused-ring (bicyclic) bond motifs is 7. The molecule has 0 bridgehead atoms. The van der Waals surface area contributed by atoms with Gasteiger partial charge < -0.3 is 0 Å². The quantitative estimate of drug-likeness (QED) is 0.242. The molecule has 2 aromatic heterocycles. The minimum atomic E-state index is 1.11. The molecule has 0 nitrogen and oxygen atoms in total. The summed E-state index contributed by atoms with van der Waals surface area (Å²) in [6.07, 6.45) is 3.78. The molecule has 34 heavy (non-hydrogen) atoms. The molecule has 2 heteroatoms. The van der Waals surface area contributed by atoms with Crippen molar-refractivity contribution in [3.8, 4) is 11.1 Å². The van der Waals surface area contributed by atoms with Gasteiger partial charge in [-0.2, -0.15) is 0 Å². The highest BCUT2D eigenvalue weighted by atomic mass is 32.1. The number of thiophene rings is 2. The van der Waals surface area contributed by atoms with Crippen LogP contribution in [0.1, 0.15) is 11.1 Å². The zero-order valence-corrected chi connectivity index (χ0v) is 20.1. The van der Waals surface area contributed by atoms with Crippen LogP contribution in [0.5, 0.6) is 0 Å². The van der Waals surface area contributed by atoms with Gasteiger partial charge in [0.05, 0.1) is 9.40 Å². The van der Waals surface area contributed by atoms with Crippen molar-refractivity contribution in [2.45, 2.75) is 0 Å². The van der Waals surface area contributed by atoms with Gasteiger partial charge in [0, 0.05) is 20.2 Å². The Morgan fingerprint density at radius 3 is 1.74 bits per heavy atom. The minimum absolute atomic E-state index is 1.11. The van der Waals surface area contributed by atoms with E-state index in [4.69, 9.17) is 0 Å². The van der Waals surface area contributed by atoms with Gasteiger partial charge in [0.1, 0.15) is 0 Å². The second-order valence-corrected chi connectivity index (χ2v) is 10.8. The Morgan fingerprint density at radius 2 is 1.06 bits per heavy atom. The number of hydrogen-bond acceptors (Lipinski definition) is 2. The molecule has 0 aliphatic heterocycles. The van der Waals surface area contributed by atoms with E-state index in [-0.39, 0.29) is 0 Å². The van der Waals surface area contributed by atoms with E-state index >= 15 is 0 Å². The molecule has 7 aromatic rings. The fourth-order valence-corrected chi connectivity index (χ4v) is 7.68. The molecule has 0 spiro atoms. The lowest BCUT2D eigenvalue weighted by Gasteiger charge is -2.08. The Morgan fingerprint density at radius 1 is 0.500 bits per heavy atom. The lowest BCUT2D eigenvalue weighted by atomic mass is 9.97. The molecule has 0 fully saturated rings. The van der Waals surface area contributed by atoms with E-state index in [1.54, 1.807) is 0 Å². The first kappa shape index (κ1) is 19.7. The largest absolute Gasteiger partial charge is 0.134 e. The zero-order chi connectivity index (χ0) is 22.8. The molecule has 7 rings (SSSR count). The maximum Gasteiger partial charge on any atom is 0.0542 e. The van der Waals surface area contributed by atoms with E-state index in [1.807, 2.05) is 34.8 Å². The lowest BCUT2D eigenvalue weighted by Crippen LogP contribution is -1.84. The molecule has 0 atom stereocenters. The van der Waals surface area contributed by atoms with Gasteiger partial charge in [-0.05, 0) is 80.2 Å². The van der Waals surface area contributed by atoms with Gasteiger partial charge in [-0.3, -0.25) is 0 Å². The van der Waals surface area contributed by atoms with Crippen LogP contribution in [0, 0.1) is 0 Å². The maximum atomic E-state index is 3.97. The minimum Gasteiger partial charge on any atom is -0.134 e. The second-order valence-electron chi connectivity index (χ2n) is 8.72. The zero-order valence-electron chi connectivity index (χ0n) is 18.5. The smallest absolute Gasteiger partial charge is 0.0542 e. The van der Waals surface area contributed by atoms with Crippen molar-refractivity contribution in [1.82, 2.24) is 0 Å². The number of benzene rings is 5. The maximum absolute atomic E-state index is 3.97. The van der Waals surface area contributed by atoms with E-state index in [9.17, 15) is 0 Å². The van der Waals surface area contributed by atoms with Crippen molar-refractivity contribution in [1.29, 1.82) is 0 Å². The van der Waals surface area contributed by atoms with Crippen molar-refractivity contribution in [2.24, 2.45) is 0 Å². The predicted molar refractivity (Wildman–Crippen MR) is 155 cm³/mol. The average molecular weight is 469 g/mol. The summed E-state index contributed by atoms with van der Waals surface area (Å²) in [4.78, 5) is 0. The third-order valence-electron chi connectivity index (χ3n) is 6.77. The van der Waals surface area contributed by atoms with Crippen LogP contribution in [0.3, 0.4) is 0 Å². The lowest BCUT2D eigenvalue weighted by molar-refractivity contribution is 1.59. The molecule has 0 amide bonds. The summed E-state index contributed by atoms with van der Waals surface area (Å²) in [6, 6.07) is 31.4. The summed E-state index contributed by atoms with van der Waals surface area (Å²) in [5.74, 6) is 0. The molecule has 0 aliphatic rings. The Kier molecular flexibility index (Phi) is 4.29. The second kappa shape index (κ2) is 7.39. The van der Waals surface area contributed by atoms with E-state index in [0.29, 0.717) is 0 Å². The Hall–Kier alpha value is -3.72. The molecule has 160 valence electrons. The first-order valence-corrected chi connectivity index (χ1v) is 13.0. The standard InChI is InChI=1S/C32H20S2/c1-3-19-9-10-23(13-20(19)4-2)24-11-12-25-16-28-30(18-26(25)14-24)34-31-27-15-21-7-5-6-8-22(21)17-29(27)33-32(28)31/h3-18H,1-2H2. The Balaban J connectivity index is 1.43. The van der Waals surface area contributed by atoms with Crippen molar-refractivity contribution in [2.75, 3.05) is 0 Å². The van der Waals surface area contributed by atoms with Crippen molar-refractivity contribution in [3.63, 3.8) is 0 Å². The van der Waals surface area contributed by atoms with Crippen LogP contribution in [0.25, 0.3) is 74.4 Å². The number of hydrogen-bond donors (Lipinski definition) is 0. The molecule has 0 unspecified atom stereocenters. The summed E-state index contributed by atoms with van der Waals surface area (Å²) in [7, 11) is 0. The van der Waals surface area contributed by atoms with Gasteiger partial charge in [0.2, 0.25) is 0 Å². The van der Waals surface area contributed by atoms with Crippen LogP contribution >= 0.6 is 22.7 Å². The monoisotopic (exact) mass is 468 g/mol. The highest BCUT2D eigenvalue weighted by molar-refractivity contribution is 7.36.